The van der Waals surface area contributed by atoms with Crippen LogP contribution in [0.3, 0.4) is 0 Å². The van der Waals surface area contributed by atoms with Crippen LogP contribution in [0.25, 0.3) is 0 Å². The van der Waals surface area contributed by atoms with E-state index in [1.54, 1.807) is 4.90 Å². The molecule has 0 aliphatic carbocycles. The third-order valence-corrected chi connectivity index (χ3v) is 4.32. The first-order chi connectivity index (χ1) is 10.3. The highest BCUT2D eigenvalue weighted by Crippen LogP contribution is 2.22. The summed E-state index contributed by atoms with van der Waals surface area (Å²) in [6.07, 6.45) is -0.630. The van der Waals surface area contributed by atoms with Gasteiger partial charge in [-0.25, -0.2) is 0 Å². The van der Waals surface area contributed by atoms with Gasteiger partial charge in [0, 0.05) is 26.7 Å². The number of likely N-dealkylation sites (N-methyl/N-ethyl adjacent to an activating group) is 1. The number of aliphatic hydroxyl groups excluding tert-OH is 1. The normalized spacial score (nSPS) is 20.0. The molecule has 1 amide bonds. The van der Waals surface area contributed by atoms with E-state index in [-0.39, 0.29) is 12.5 Å². The number of piperazine rings is 1. The molecule has 122 valence electrons. The van der Waals surface area contributed by atoms with Gasteiger partial charge in [0.05, 0.1) is 5.54 Å². The summed E-state index contributed by atoms with van der Waals surface area (Å²) in [6, 6.07) is 7.74. The van der Waals surface area contributed by atoms with Crippen LogP contribution in [-0.4, -0.2) is 65.7 Å². The predicted molar refractivity (Wildman–Crippen MR) is 86.0 cm³/mol. The largest absolute Gasteiger partial charge is 0.491 e. The minimum absolute atomic E-state index is 0.0887. The molecule has 1 aliphatic heterocycles. The molecule has 5 nitrogen and oxygen atoms in total. The predicted octanol–water partition coefficient (Wildman–Crippen LogP) is 1.29. The number of benzene rings is 1. The molecule has 1 heterocycles. The molecule has 1 aliphatic rings. The maximum Gasteiger partial charge on any atom is 0.242 e. The second kappa shape index (κ2) is 6.67. The highest BCUT2D eigenvalue weighted by molar-refractivity contribution is 5.86. The quantitative estimate of drug-likeness (QED) is 0.890. The molecule has 1 aromatic rings. The number of carbonyl (C=O) groups is 1. The molecule has 1 N–H and O–H groups in total. The van der Waals surface area contributed by atoms with E-state index in [1.165, 1.54) is 0 Å². The van der Waals surface area contributed by atoms with Crippen LogP contribution in [0.1, 0.15) is 19.4 Å². The topological polar surface area (TPSA) is 53.0 Å². The zero-order chi connectivity index (χ0) is 16.3. The number of aliphatic hydroxyl groups is 1. The van der Waals surface area contributed by atoms with Crippen LogP contribution in [0.5, 0.6) is 5.75 Å². The Morgan fingerprint density at radius 3 is 2.68 bits per heavy atom. The average Bonchev–Trinajstić information content (AvgIpc) is 2.47. The zero-order valence-electron chi connectivity index (χ0n) is 13.9. The Bertz CT molecular complexity index is 530. The fourth-order valence-electron chi connectivity index (χ4n) is 2.79. The number of rotatable bonds is 5. The number of ether oxygens (including phenoxy) is 1. The number of β-amino-alcohol motifs (C(OH)–C–C–N with tert-alkyl or cyclic N) is 1. The Hall–Kier alpha value is -1.59. The van der Waals surface area contributed by atoms with E-state index < -0.39 is 11.6 Å². The van der Waals surface area contributed by atoms with Crippen molar-refractivity contribution < 1.29 is 14.6 Å². The van der Waals surface area contributed by atoms with E-state index in [0.29, 0.717) is 13.1 Å². The molecule has 1 unspecified atom stereocenters. The smallest absolute Gasteiger partial charge is 0.242 e. The fraction of sp³-hybridized carbons (Fsp3) is 0.588. The molecular weight excluding hydrogens is 280 g/mol. The minimum Gasteiger partial charge on any atom is -0.491 e. The van der Waals surface area contributed by atoms with E-state index in [1.807, 2.05) is 57.0 Å². The monoisotopic (exact) mass is 306 g/mol. The molecule has 22 heavy (non-hydrogen) atoms. The number of para-hydroxylation sites is 1. The first-order valence-corrected chi connectivity index (χ1v) is 7.69. The molecule has 2 rings (SSSR count). The van der Waals surface area contributed by atoms with Crippen LogP contribution in [0.4, 0.5) is 0 Å². The molecule has 1 saturated heterocycles. The molecule has 0 spiro atoms. The molecule has 0 radical (unpaired) electrons. The Labute approximate surface area is 132 Å². The Balaban J connectivity index is 1.90. The van der Waals surface area contributed by atoms with Crippen molar-refractivity contribution in [2.45, 2.75) is 32.4 Å². The van der Waals surface area contributed by atoms with Gasteiger partial charge in [0.2, 0.25) is 5.91 Å². The van der Waals surface area contributed by atoms with Crippen LogP contribution in [0.15, 0.2) is 24.3 Å². The van der Waals surface area contributed by atoms with Gasteiger partial charge in [-0.2, -0.15) is 0 Å². The summed E-state index contributed by atoms with van der Waals surface area (Å²) in [7, 11) is 1.82. The second-order valence-electron chi connectivity index (χ2n) is 6.46. The third-order valence-electron chi connectivity index (χ3n) is 4.32. The highest BCUT2D eigenvalue weighted by Gasteiger charge is 2.40. The first-order valence-electron chi connectivity index (χ1n) is 7.69. The molecule has 0 saturated carbocycles. The van der Waals surface area contributed by atoms with Crippen molar-refractivity contribution in [2.75, 3.05) is 33.3 Å². The number of nitrogens with zero attached hydrogens (tertiary/aromatic N) is 2. The van der Waals surface area contributed by atoms with Crippen molar-refractivity contribution in [1.82, 2.24) is 9.80 Å². The molecular formula is C17H26N2O3. The molecule has 5 heteroatoms. The number of hydrogen-bond acceptors (Lipinski definition) is 4. The van der Waals surface area contributed by atoms with Crippen LogP contribution < -0.4 is 4.74 Å². The van der Waals surface area contributed by atoms with Gasteiger partial charge in [-0.3, -0.25) is 9.69 Å². The Morgan fingerprint density at radius 2 is 2.00 bits per heavy atom. The van der Waals surface area contributed by atoms with E-state index in [4.69, 9.17) is 4.74 Å². The van der Waals surface area contributed by atoms with Crippen molar-refractivity contribution in [2.24, 2.45) is 0 Å². The first kappa shape index (κ1) is 16.8. The Morgan fingerprint density at radius 1 is 1.32 bits per heavy atom. The highest BCUT2D eigenvalue weighted by atomic mass is 16.5. The van der Waals surface area contributed by atoms with Gasteiger partial charge in [0.15, 0.2) is 0 Å². The van der Waals surface area contributed by atoms with Crippen molar-refractivity contribution in [3.05, 3.63) is 29.8 Å². The molecule has 1 atom stereocenters. The number of hydrogen-bond donors (Lipinski definition) is 1. The van der Waals surface area contributed by atoms with Gasteiger partial charge < -0.3 is 14.7 Å². The fourth-order valence-corrected chi connectivity index (χ4v) is 2.79. The molecule has 1 aromatic carbocycles. The average molecular weight is 306 g/mol. The van der Waals surface area contributed by atoms with Crippen molar-refractivity contribution in [3.8, 4) is 5.75 Å². The lowest BCUT2D eigenvalue weighted by Crippen LogP contribution is -2.63. The maximum atomic E-state index is 12.2. The lowest BCUT2D eigenvalue weighted by atomic mass is 9.97. The minimum atomic E-state index is -0.630. The van der Waals surface area contributed by atoms with Crippen molar-refractivity contribution >= 4 is 5.91 Å². The molecule has 1 fully saturated rings. The summed E-state index contributed by atoms with van der Waals surface area (Å²) in [5.41, 5.74) is 0.459. The summed E-state index contributed by atoms with van der Waals surface area (Å²) < 4.78 is 5.68. The summed E-state index contributed by atoms with van der Waals surface area (Å²) >= 11 is 0. The van der Waals surface area contributed by atoms with Crippen molar-refractivity contribution in [1.29, 1.82) is 0 Å². The van der Waals surface area contributed by atoms with Gasteiger partial charge in [-0.05, 0) is 32.4 Å². The van der Waals surface area contributed by atoms with E-state index in [2.05, 4.69) is 0 Å². The number of aryl methyl sites for hydroxylation is 1. The van der Waals surface area contributed by atoms with Gasteiger partial charge >= 0.3 is 0 Å². The number of amides is 1. The van der Waals surface area contributed by atoms with Gasteiger partial charge in [-0.15, -0.1) is 0 Å². The maximum absolute atomic E-state index is 12.2. The van der Waals surface area contributed by atoms with Crippen molar-refractivity contribution in [3.63, 3.8) is 0 Å². The third kappa shape index (κ3) is 3.59. The van der Waals surface area contributed by atoms with Gasteiger partial charge in [0.1, 0.15) is 18.5 Å². The lowest BCUT2D eigenvalue weighted by molar-refractivity contribution is -0.148. The van der Waals surface area contributed by atoms with Crippen LogP contribution in [-0.2, 0) is 4.79 Å². The van der Waals surface area contributed by atoms with Gasteiger partial charge in [0.25, 0.3) is 0 Å². The summed E-state index contributed by atoms with van der Waals surface area (Å²) in [6.45, 7) is 7.88. The molecule has 0 bridgehead atoms. The van der Waals surface area contributed by atoms with Crippen LogP contribution in [0, 0.1) is 6.92 Å². The standard InChI is InChI=1S/C17H26N2O3/c1-13-7-5-6-8-15(13)22-12-14(20)11-19-10-9-18(4)16(21)17(19,2)3/h5-8,14,20H,9-12H2,1-4H3. The van der Waals surface area contributed by atoms with E-state index >= 15 is 0 Å². The summed E-state index contributed by atoms with van der Waals surface area (Å²) in [4.78, 5) is 16.0. The zero-order valence-corrected chi connectivity index (χ0v) is 13.9. The number of carbonyl (C=O) groups excluding carboxylic acids is 1. The SMILES string of the molecule is Cc1ccccc1OCC(O)CN1CCN(C)C(=O)C1(C)C. The van der Waals surface area contributed by atoms with Crippen LogP contribution >= 0.6 is 0 Å². The molecule has 0 aromatic heterocycles. The second-order valence-corrected chi connectivity index (χ2v) is 6.46. The summed E-state index contributed by atoms with van der Waals surface area (Å²) in [5, 5.41) is 10.2. The van der Waals surface area contributed by atoms with E-state index in [0.717, 1.165) is 17.9 Å². The van der Waals surface area contributed by atoms with Crippen LogP contribution in [0.2, 0.25) is 0 Å². The van der Waals surface area contributed by atoms with E-state index in [9.17, 15) is 9.90 Å². The summed E-state index contributed by atoms with van der Waals surface area (Å²) in [5.74, 6) is 0.876. The Kier molecular flexibility index (Phi) is 5.08. The van der Waals surface area contributed by atoms with Gasteiger partial charge in [-0.1, -0.05) is 18.2 Å². The lowest BCUT2D eigenvalue weighted by Gasteiger charge is -2.45.